The number of para-hydroxylation sites is 5. The van der Waals surface area contributed by atoms with E-state index in [1.807, 2.05) is 36.4 Å². The van der Waals surface area contributed by atoms with Gasteiger partial charge in [0.25, 0.3) is 0 Å². The van der Waals surface area contributed by atoms with Gasteiger partial charge in [0.1, 0.15) is 16.7 Å². The van der Waals surface area contributed by atoms with Crippen molar-refractivity contribution >= 4 is 87.5 Å². The number of nitrogens with zero attached hydrogens (tertiary/aromatic N) is 3. The Morgan fingerprint density at radius 2 is 1.00 bits per heavy atom. The standard InChI is InChI=1S/C49H27N3O2/c50-28-29-21-22-33(43(25-29)52-42-18-8-2-12-31(42)36-23-24-37-34-14-4-10-20-46(34)54-49(37)48(36)52)30-11-1-6-16-40(30)51-41-17-7-3-13-32(41)38-27-47-39(26-44(38)51)35-15-5-9-19-45(35)53-47/h1-27H. The fraction of sp³-hybridized carbons (Fsp3) is 0. The Kier molecular flexibility index (Phi) is 5.78. The summed E-state index contributed by atoms with van der Waals surface area (Å²) in [7, 11) is 0. The summed E-state index contributed by atoms with van der Waals surface area (Å²) < 4.78 is 17.8. The molecule has 0 bridgehead atoms. The second-order valence-corrected chi connectivity index (χ2v) is 14.0. The zero-order valence-electron chi connectivity index (χ0n) is 28.7. The van der Waals surface area contributed by atoms with Crippen LogP contribution in [-0.4, -0.2) is 9.13 Å². The molecule has 12 rings (SSSR count). The number of furan rings is 2. The summed E-state index contributed by atoms with van der Waals surface area (Å²) in [4.78, 5) is 0. The fourth-order valence-electron chi connectivity index (χ4n) is 8.84. The average Bonchev–Trinajstić information content (AvgIpc) is 3.97. The third-order valence-corrected chi connectivity index (χ3v) is 11.2. The molecule has 5 nitrogen and oxygen atoms in total. The Balaban J connectivity index is 1.20. The molecule has 0 amide bonds. The van der Waals surface area contributed by atoms with Crippen LogP contribution < -0.4 is 0 Å². The lowest BCUT2D eigenvalue weighted by Crippen LogP contribution is -2.02. The lowest BCUT2D eigenvalue weighted by molar-refractivity contribution is 0.669. The van der Waals surface area contributed by atoms with Crippen molar-refractivity contribution < 1.29 is 8.83 Å². The van der Waals surface area contributed by atoms with Gasteiger partial charge >= 0.3 is 0 Å². The van der Waals surface area contributed by atoms with E-state index in [1.165, 1.54) is 0 Å². The van der Waals surface area contributed by atoms with Gasteiger partial charge in [-0.1, -0.05) is 103 Å². The summed E-state index contributed by atoms with van der Waals surface area (Å²) >= 11 is 0. The van der Waals surface area contributed by atoms with Crippen LogP contribution in [0, 0.1) is 11.3 Å². The van der Waals surface area contributed by atoms with Crippen molar-refractivity contribution in [2.24, 2.45) is 0 Å². The van der Waals surface area contributed by atoms with Gasteiger partial charge < -0.3 is 18.0 Å². The highest BCUT2D eigenvalue weighted by Gasteiger charge is 2.24. The third-order valence-electron chi connectivity index (χ3n) is 11.2. The number of fused-ring (bicyclic) bond motifs is 13. The zero-order chi connectivity index (χ0) is 35.5. The number of rotatable bonds is 3. The van der Waals surface area contributed by atoms with Crippen LogP contribution in [0.3, 0.4) is 0 Å². The van der Waals surface area contributed by atoms with Gasteiger partial charge in [-0.25, -0.2) is 0 Å². The molecular weight excluding hydrogens is 663 g/mol. The van der Waals surface area contributed by atoms with Crippen LogP contribution in [0.4, 0.5) is 0 Å². The minimum Gasteiger partial charge on any atom is -0.456 e. The van der Waals surface area contributed by atoms with E-state index in [0.717, 1.165) is 110 Å². The van der Waals surface area contributed by atoms with Gasteiger partial charge in [0.15, 0.2) is 5.58 Å². The Bertz CT molecular complexity index is 3590. The quantitative estimate of drug-likeness (QED) is 0.185. The number of nitriles is 1. The molecule has 0 radical (unpaired) electrons. The molecule has 0 aliphatic rings. The normalized spacial score (nSPS) is 12.1. The fourth-order valence-corrected chi connectivity index (χ4v) is 8.84. The summed E-state index contributed by atoms with van der Waals surface area (Å²) in [5, 5.41) is 19.1. The first-order chi connectivity index (χ1) is 26.7. The van der Waals surface area contributed by atoms with Crippen molar-refractivity contribution in [3.63, 3.8) is 0 Å². The maximum absolute atomic E-state index is 10.3. The monoisotopic (exact) mass is 689 g/mol. The van der Waals surface area contributed by atoms with E-state index in [9.17, 15) is 5.26 Å². The molecule has 12 aromatic rings. The zero-order valence-corrected chi connectivity index (χ0v) is 28.7. The maximum atomic E-state index is 10.3. The minimum absolute atomic E-state index is 0.583. The van der Waals surface area contributed by atoms with Crippen molar-refractivity contribution in [3.8, 4) is 28.6 Å². The topological polar surface area (TPSA) is 59.9 Å². The van der Waals surface area contributed by atoms with E-state index < -0.39 is 0 Å². The van der Waals surface area contributed by atoms with E-state index in [1.54, 1.807) is 0 Å². The van der Waals surface area contributed by atoms with Gasteiger partial charge in [-0.15, -0.1) is 0 Å². The molecule has 54 heavy (non-hydrogen) atoms. The molecular formula is C49H27N3O2. The van der Waals surface area contributed by atoms with E-state index in [-0.39, 0.29) is 0 Å². The van der Waals surface area contributed by atoms with E-state index in [2.05, 4.69) is 143 Å². The van der Waals surface area contributed by atoms with Crippen LogP contribution in [0.2, 0.25) is 0 Å². The second-order valence-electron chi connectivity index (χ2n) is 14.0. The molecule has 0 fully saturated rings. The second kappa shape index (κ2) is 10.7. The Morgan fingerprint density at radius 3 is 1.80 bits per heavy atom. The van der Waals surface area contributed by atoms with Crippen LogP contribution in [-0.2, 0) is 0 Å². The van der Waals surface area contributed by atoms with Crippen molar-refractivity contribution in [2.45, 2.75) is 0 Å². The molecule has 5 heteroatoms. The number of hydrogen-bond acceptors (Lipinski definition) is 3. The van der Waals surface area contributed by atoms with Crippen LogP contribution in [0.15, 0.2) is 173 Å². The van der Waals surface area contributed by atoms with Gasteiger partial charge in [-0.3, -0.25) is 0 Å². The third kappa shape index (κ3) is 3.86. The molecule has 0 saturated carbocycles. The largest absolute Gasteiger partial charge is 0.456 e. The summed E-state index contributed by atoms with van der Waals surface area (Å²) in [6, 6.07) is 59.4. The molecule has 8 aromatic carbocycles. The van der Waals surface area contributed by atoms with Crippen molar-refractivity contribution in [3.05, 3.63) is 169 Å². The predicted molar refractivity (Wildman–Crippen MR) is 220 cm³/mol. The lowest BCUT2D eigenvalue weighted by Gasteiger charge is -2.19. The highest BCUT2D eigenvalue weighted by Crippen LogP contribution is 2.45. The molecule has 4 heterocycles. The average molecular weight is 690 g/mol. The van der Waals surface area contributed by atoms with Gasteiger partial charge in [-0.2, -0.15) is 5.26 Å². The highest BCUT2D eigenvalue weighted by atomic mass is 16.3. The molecule has 0 unspecified atom stereocenters. The van der Waals surface area contributed by atoms with E-state index >= 15 is 0 Å². The maximum Gasteiger partial charge on any atom is 0.160 e. The van der Waals surface area contributed by atoms with E-state index in [0.29, 0.717) is 5.56 Å². The Morgan fingerprint density at radius 1 is 0.389 bits per heavy atom. The van der Waals surface area contributed by atoms with Crippen LogP contribution in [0.5, 0.6) is 0 Å². The van der Waals surface area contributed by atoms with Crippen molar-refractivity contribution in [2.75, 3.05) is 0 Å². The van der Waals surface area contributed by atoms with Gasteiger partial charge in [0.2, 0.25) is 0 Å². The number of aromatic nitrogens is 2. The first-order valence-electron chi connectivity index (χ1n) is 18.1. The minimum atomic E-state index is 0.583. The van der Waals surface area contributed by atoms with Crippen LogP contribution in [0.1, 0.15) is 5.56 Å². The first kappa shape index (κ1) is 29.1. The number of benzene rings is 8. The molecule has 0 atom stereocenters. The molecule has 0 aliphatic heterocycles. The summed E-state index contributed by atoms with van der Waals surface area (Å²) in [5.41, 5.74) is 12.2. The van der Waals surface area contributed by atoms with Gasteiger partial charge in [0.05, 0.1) is 45.1 Å². The Hall–Kier alpha value is -7.55. The van der Waals surface area contributed by atoms with Crippen LogP contribution >= 0.6 is 0 Å². The molecule has 0 N–H and O–H groups in total. The molecule has 0 saturated heterocycles. The van der Waals surface area contributed by atoms with E-state index in [4.69, 9.17) is 8.83 Å². The van der Waals surface area contributed by atoms with Crippen molar-refractivity contribution in [1.82, 2.24) is 9.13 Å². The van der Waals surface area contributed by atoms with Gasteiger partial charge in [-0.05, 0) is 60.7 Å². The van der Waals surface area contributed by atoms with Gasteiger partial charge in [0, 0.05) is 54.2 Å². The first-order valence-corrected chi connectivity index (χ1v) is 18.1. The SMILES string of the molecule is N#Cc1ccc(-c2ccccc2-n2c3ccccc3c3cc4oc5ccccc5c4cc32)c(-n2c3ccccc3c3ccc4c5ccccc5oc4c32)c1. The summed E-state index contributed by atoms with van der Waals surface area (Å²) in [6.45, 7) is 0. The summed E-state index contributed by atoms with van der Waals surface area (Å²) in [5.74, 6) is 0. The molecule has 250 valence electrons. The Labute approximate surface area is 307 Å². The molecule has 0 spiro atoms. The number of hydrogen-bond donors (Lipinski definition) is 0. The van der Waals surface area contributed by atoms with Crippen molar-refractivity contribution in [1.29, 1.82) is 5.26 Å². The predicted octanol–water partition coefficient (Wildman–Crippen LogP) is 13.2. The molecule has 4 aromatic heterocycles. The smallest absolute Gasteiger partial charge is 0.160 e. The van der Waals surface area contributed by atoms with Crippen LogP contribution in [0.25, 0.3) is 110 Å². The summed E-state index contributed by atoms with van der Waals surface area (Å²) in [6.07, 6.45) is 0. The lowest BCUT2D eigenvalue weighted by atomic mass is 9.99. The molecule has 0 aliphatic carbocycles. The highest BCUT2D eigenvalue weighted by molar-refractivity contribution is 6.22.